The second kappa shape index (κ2) is 15.5. The number of allylic oxidation sites excluding steroid dienone is 3. The van der Waals surface area contributed by atoms with Crippen LogP contribution >= 0.6 is 0 Å². The number of carbonyl (C=O) groups is 1. The molecule has 2 aliphatic rings. The maximum absolute atomic E-state index is 12.0. The van der Waals surface area contributed by atoms with Crippen molar-refractivity contribution in [3.05, 3.63) is 119 Å². The van der Waals surface area contributed by atoms with Gasteiger partial charge in [-0.15, -0.1) is 0 Å². The van der Waals surface area contributed by atoms with E-state index in [1.54, 1.807) is 6.92 Å². The Hall–Kier alpha value is -4.38. The third kappa shape index (κ3) is 7.62. The smallest absolute Gasteiger partial charge is 0.333 e. The van der Waals surface area contributed by atoms with Crippen molar-refractivity contribution in [1.82, 2.24) is 0 Å². The molecule has 0 aliphatic heterocycles. The summed E-state index contributed by atoms with van der Waals surface area (Å²) in [5.74, 6) is -0.292. The number of anilines is 2. The number of rotatable bonds is 11. The first-order valence-electron chi connectivity index (χ1n) is 17.5. The molecular formula is C42H51N3O2. The van der Waals surface area contributed by atoms with E-state index in [2.05, 4.69) is 130 Å². The lowest BCUT2D eigenvalue weighted by Crippen LogP contribution is -2.27. The molecular weight excluding hydrogens is 578 g/mol. The molecule has 0 heterocycles. The lowest BCUT2D eigenvalue weighted by Gasteiger charge is -2.28. The van der Waals surface area contributed by atoms with Crippen LogP contribution in [0.2, 0.25) is 0 Å². The zero-order valence-corrected chi connectivity index (χ0v) is 29.2. The highest BCUT2D eigenvalue weighted by Crippen LogP contribution is 2.40. The summed E-state index contributed by atoms with van der Waals surface area (Å²) >= 11 is 0. The van der Waals surface area contributed by atoms with Gasteiger partial charge in [-0.25, -0.2) is 4.79 Å². The fourth-order valence-electron chi connectivity index (χ4n) is 6.95. The Balaban J connectivity index is 1.56. The molecule has 5 nitrogen and oxygen atoms in total. The molecule has 0 saturated heterocycles. The summed E-state index contributed by atoms with van der Waals surface area (Å²) in [6.07, 6.45) is 7.88. The van der Waals surface area contributed by atoms with Crippen LogP contribution in [-0.4, -0.2) is 50.0 Å². The summed E-state index contributed by atoms with van der Waals surface area (Å²) in [5.41, 5.74) is 12.5. The van der Waals surface area contributed by atoms with Gasteiger partial charge in [0.05, 0.1) is 11.8 Å². The van der Waals surface area contributed by atoms with Gasteiger partial charge in [-0.1, -0.05) is 55.1 Å². The Kier molecular flexibility index (Phi) is 11.2. The quantitative estimate of drug-likeness (QED) is 0.157. The minimum absolute atomic E-state index is 0.0496. The highest BCUT2D eigenvalue weighted by molar-refractivity contribution is 6.19. The standard InChI is InChI=1S/C42H51N3O2/c1-8-44(9-2)33-20-16-31(17-21-33)41(36-25-22-34(28-30(36)7)45(10-3)11-4)39-26-27-40(38-15-13-12-14-37(38)39)43-32-18-23-35(24-19-32)47-42(46)29(5)6/h12-17,20-22,25-28,32,35H,5,8-11,18-19,23-24H2,1-4,6-7H3. The van der Waals surface area contributed by atoms with Crippen molar-refractivity contribution in [2.75, 3.05) is 36.0 Å². The molecule has 0 amide bonds. The summed E-state index contributed by atoms with van der Waals surface area (Å²) in [6, 6.07) is 24.9. The lowest BCUT2D eigenvalue weighted by atomic mass is 9.82. The molecule has 0 spiro atoms. The van der Waals surface area contributed by atoms with Crippen LogP contribution in [0.1, 0.15) is 88.1 Å². The highest BCUT2D eigenvalue weighted by Gasteiger charge is 2.26. The van der Waals surface area contributed by atoms with E-state index in [0.29, 0.717) is 5.57 Å². The third-order valence-electron chi connectivity index (χ3n) is 9.65. The average molecular weight is 630 g/mol. The number of hydrogen-bond acceptors (Lipinski definition) is 5. The Morgan fingerprint density at radius 2 is 1.40 bits per heavy atom. The molecule has 0 bridgehead atoms. The molecule has 0 radical (unpaired) electrons. The van der Waals surface area contributed by atoms with E-state index in [0.717, 1.165) is 63.1 Å². The van der Waals surface area contributed by atoms with Gasteiger partial charge in [0.25, 0.3) is 0 Å². The molecule has 1 saturated carbocycles. The maximum atomic E-state index is 12.0. The van der Waals surface area contributed by atoms with Gasteiger partial charge in [0.1, 0.15) is 6.10 Å². The number of aliphatic imine (C=N–C) groups is 1. The summed E-state index contributed by atoms with van der Waals surface area (Å²) in [5, 5.41) is 0. The van der Waals surface area contributed by atoms with Crippen LogP contribution < -0.4 is 9.80 Å². The van der Waals surface area contributed by atoms with Crippen molar-refractivity contribution in [3.63, 3.8) is 0 Å². The van der Waals surface area contributed by atoms with Crippen LogP contribution in [0.15, 0.2) is 96.0 Å². The molecule has 246 valence electrons. The van der Waals surface area contributed by atoms with Gasteiger partial charge in [0.2, 0.25) is 0 Å². The Morgan fingerprint density at radius 3 is 2.00 bits per heavy atom. The number of fused-ring (bicyclic) bond motifs is 1. The summed E-state index contributed by atoms with van der Waals surface area (Å²) in [4.78, 5) is 22.1. The minimum atomic E-state index is -0.292. The van der Waals surface area contributed by atoms with Crippen LogP contribution in [0.25, 0.3) is 11.1 Å². The van der Waals surface area contributed by atoms with Crippen molar-refractivity contribution in [2.24, 2.45) is 4.99 Å². The van der Waals surface area contributed by atoms with Crippen molar-refractivity contribution in [1.29, 1.82) is 0 Å². The molecule has 47 heavy (non-hydrogen) atoms. The zero-order chi connectivity index (χ0) is 33.5. The Labute approximate surface area is 282 Å². The molecule has 2 aliphatic carbocycles. The van der Waals surface area contributed by atoms with Crippen LogP contribution in [0.4, 0.5) is 11.4 Å². The molecule has 5 heteroatoms. The van der Waals surface area contributed by atoms with Gasteiger partial charge in [0, 0.05) is 48.7 Å². The molecule has 3 aromatic rings. The van der Waals surface area contributed by atoms with Crippen LogP contribution in [0, 0.1) is 6.92 Å². The van der Waals surface area contributed by atoms with Gasteiger partial charge in [-0.3, -0.25) is 4.99 Å². The highest BCUT2D eigenvalue weighted by atomic mass is 16.5. The van der Waals surface area contributed by atoms with Gasteiger partial charge >= 0.3 is 5.97 Å². The number of ether oxygens (including phenoxy) is 1. The maximum Gasteiger partial charge on any atom is 0.333 e. The molecule has 0 N–H and O–H groups in total. The SMILES string of the molecule is C=C(C)C(=O)OC1CCC(N=C2C=CC(=C(c3ccc(N(CC)CC)cc3)c3ccc(N(CC)CC)cc3C)c3ccccc32)CC1. The number of nitrogens with zero attached hydrogens (tertiary/aromatic N) is 3. The lowest BCUT2D eigenvalue weighted by molar-refractivity contribution is -0.145. The van der Waals surface area contributed by atoms with Crippen molar-refractivity contribution in [3.8, 4) is 0 Å². The van der Waals surface area contributed by atoms with E-state index in [9.17, 15) is 4.79 Å². The second-order valence-corrected chi connectivity index (χ2v) is 12.7. The summed E-state index contributed by atoms with van der Waals surface area (Å²) in [6.45, 7) is 20.4. The molecule has 0 aromatic heterocycles. The van der Waals surface area contributed by atoms with Crippen molar-refractivity contribution in [2.45, 2.75) is 79.4 Å². The fourth-order valence-corrected chi connectivity index (χ4v) is 6.95. The van der Waals surface area contributed by atoms with E-state index in [-0.39, 0.29) is 18.1 Å². The topological polar surface area (TPSA) is 45.1 Å². The van der Waals surface area contributed by atoms with Gasteiger partial charge in [-0.05, 0) is 131 Å². The molecule has 0 atom stereocenters. The van der Waals surface area contributed by atoms with E-state index >= 15 is 0 Å². The van der Waals surface area contributed by atoms with E-state index in [1.165, 1.54) is 44.8 Å². The van der Waals surface area contributed by atoms with Crippen LogP contribution in [0.3, 0.4) is 0 Å². The molecule has 5 rings (SSSR count). The molecule has 0 unspecified atom stereocenters. The zero-order valence-electron chi connectivity index (χ0n) is 29.2. The van der Waals surface area contributed by atoms with Crippen molar-refractivity contribution >= 4 is 34.2 Å². The summed E-state index contributed by atoms with van der Waals surface area (Å²) in [7, 11) is 0. The largest absolute Gasteiger partial charge is 0.459 e. The van der Waals surface area contributed by atoms with Crippen molar-refractivity contribution < 1.29 is 9.53 Å². The van der Waals surface area contributed by atoms with Crippen LogP contribution in [-0.2, 0) is 9.53 Å². The number of benzene rings is 3. The van der Waals surface area contributed by atoms with Gasteiger partial charge < -0.3 is 14.5 Å². The monoisotopic (exact) mass is 629 g/mol. The Morgan fingerprint density at radius 1 is 0.809 bits per heavy atom. The van der Waals surface area contributed by atoms with Crippen LogP contribution in [0.5, 0.6) is 0 Å². The third-order valence-corrected chi connectivity index (χ3v) is 9.65. The molecule has 3 aromatic carbocycles. The molecule has 1 fully saturated rings. The first-order chi connectivity index (χ1) is 22.8. The average Bonchev–Trinajstić information content (AvgIpc) is 3.09. The first-order valence-corrected chi connectivity index (χ1v) is 17.5. The number of esters is 1. The minimum Gasteiger partial charge on any atom is -0.459 e. The number of carbonyl (C=O) groups excluding carboxylic acids is 1. The van der Waals surface area contributed by atoms with E-state index in [4.69, 9.17) is 9.73 Å². The predicted octanol–water partition coefficient (Wildman–Crippen LogP) is 9.44. The summed E-state index contributed by atoms with van der Waals surface area (Å²) < 4.78 is 5.64. The fraction of sp³-hybridized carbons (Fsp3) is 0.381. The number of hydrogen-bond donors (Lipinski definition) is 0. The first kappa shape index (κ1) is 34.0. The van der Waals surface area contributed by atoms with E-state index in [1.807, 2.05) is 0 Å². The normalized spacial score (nSPS) is 19.2. The second-order valence-electron chi connectivity index (χ2n) is 12.7. The van der Waals surface area contributed by atoms with Gasteiger partial charge in [-0.2, -0.15) is 0 Å². The van der Waals surface area contributed by atoms with E-state index < -0.39 is 0 Å². The van der Waals surface area contributed by atoms with Gasteiger partial charge in [0.15, 0.2) is 0 Å². The number of aryl methyl sites for hydroxylation is 1. The Bertz CT molecular complexity index is 1660. The predicted molar refractivity (Wildman–Crippen MR) is 200 cm³/mol.